The third-order valence-electron chi connectivity index (χ3n) is 5.00. The van der Waals surface area contributed by atoms with Crippen LogP contribution in [-0.4, -0.2) is 0 Å². The van der Waals surface area contributed by atoms with Crippen LogP contribution in [-0.2, 0) is 6.42 Å². The van der Waals surface area contributed by atoms with E-state index in [9.17, 15) is 0 Å². The van der Waals surface area contributed by atoms with E-state index >= 15 is 0 Å². The molecule has 112 valence electrons. The molecule has 0 fully saturated rings. The average molecular weight is 296 g/mol. The van der Waals surface area contributed by atoms with Gasteiger partial charge in [0, 0.05) is 0 Å². The maximum atomic E-state index is 2.36. The summed E-state index contributed by atoms with van der Waals surface area (Å²) in [6.07, 6.45) is 1.06. The quantitative estimate of drug-likeness (QED) is 0.386. The molecule has 1 aliphatic carbocycles. The summed E-state index contributed by atoms with van der Waals surface area (Å²) in [7, 11) is 0. The monoisotopic (exact) mass is 296 g/mol. The predicted octanol–water partition coefficient (Wildman–Crippen LogP) is 6.21. The maximum absolute atomic E-state index is 2.36. The molecule has 0 aromatic heterocycles. The molecule has 0 bridgehead atoms. The molecule has 0 nitrogen and oxygen atoms in total. The van der Waals surface area contributed by atoms with E-state index in [1.807, 2.05) is 0 Å². The van der Waals surface area contributed by atoms with Gasteiger partial charge in [-0.3, -0.25) is 0 Å². The van der Waals surface area contributed by atoms with Crippen molar-refractivity contribution in [3.63, 3.8) is 0 Å². The molecule has 3 aromatic rings. The molecule has 3 aromatic carbocycles. The van der Waals surface area contributed by atoms with Crippen LogP contribution >= 0.6 is 0 Å². The summed E-state index contributed by atoms with van der Waals surface area (Å²) in [5.41, 5.74) is 11.0. The third kappa shape index (κ3) is 2.41. The van der Waals surface area contributed by atoms with Gasteiger partial charge in [0.2, 0.25) is 0 Å². The zero-order valence-corrected chi connectivity index (χ0v) is 13.6. The van der Waals surface area contributed by atoms with E-state index in [1.165, 1.54) is 44.5 Å². The van der Waals surface area contributed by atoms with Gasteiger partial charge in [0.05, 0.1) is 0 Å². The smallest absolute Gasteiger partial charge is 0.00134 e. The SMILES string of the molecule is CC(=C(C)c1ccc2c(c1)-c1ccccc1C2)c1ccccc1. The minimum atomic E-state index is 1.06. The van der Waals surface area contributed by atoms with Gasteiger partial charge in [0.1, 0.15) is 0 Å². The first-order valence-electron chi connectivity index (χ1n) is 8.18. The van der Waals surface area contributed by atoms with Crippen molar-refractivity contribution in [3.05, 3.63) is 95.1 Å². The average Bonchev–Trinajstić information content (AvgIpc) is 2.99. The third-order valence-corrected chi connectivity index (χ3v) is 5.00. The lowest BCUT2D eigenvalue weighted by Gasteiger charge is -2.11. The number of fused-ring (bicyclic) bond motifs is 3. The fourth-order valence-corrected chi connectivity index (χ4v) is 3.48. The fraction of sp³-hybridized carbons (Fsp3) is 0.130. The van der Waals surface area contributed by atoms with Crippen molar-refractivity contribution < 1.29 is 0 Å². The molecule has 0 unspecified atom stereocenters. The summed E-state index contributed by atoms with van der Waals surface area (Å²) in [5.74, 6) is 0. The number of benzene rings is 3. The number of allylic oxidation sites excluding steroid dienone is 2. The van der Waals surface area contributed by atoms with Crippen LogP contribution in [0.2, 0.25) is 0 Å². The Bertz CT molecular complexity index is 898. The fourth-order valence-electron chi connectivity index (χ4n) is 3.48. The van der Waals surface area contributed by atoms with Crippen molar-refractivity contribution >= 4 is 11.1 Å². The molecular formula is C23H20. The van der Waals surface area contributed by atoms with Gasteiger partial charge in [-0.05, 0) is 70.9 Å². The van der Waals surface area contributed by atoms with Crippen molar-refractivity contribution in [2.75, 3.05) is 0 Å². The second kappa shape index (κ2) is 5.55. The molecule has 4 rings (SSSR count). The Morgan fingerprint density at radius 3 is 2.09 bits per heavy atom. The lowest BCUT2D eigenvalue weighted by molar-refractivity contribution is 1.26. The Kier molecular flexibility index (Phi) is 3.38. The highest BCUT2D eigenvalue weighted by Gasteiger charge is 2.18. The summed E-state index contributed by atoms with van der Waals surface area (Å²) in [6.45, 7) is 4.44. The van der Waals surface area contributed by atoms with E-state index in [1.54, 1.807) is 0 Å². The van der Waals surface area contributed by atoms with Crippen molar-refractivity contribution in [3.8, 4) is 11.1 Å². The Morgan fingerprint density at radius 1 is 0.609 bits per heavy atom. The lowest BCUT2D eigenvalue weighted by Crippen LogP contribution is -1.88. The summed E-state index contributed by atoms with van der Waals surface area (Å²) in [4.78, 5) is 0. The van der Waals surface area contributed by atoms with Gasteiger partial charge >= 0.3 is 0 Å². The zero-order valence-electron chi connectivity index (χ0n) is 13.6. The van der Waals surface area contributed by atoms with Crippen LogP contribution in [0.4, 0.5) is 0 Å². The molecule has 0 heteroatoms. The van der Waals surface area contributed by atoms with E-state index in [4.69, 9.17) is 0 Å². The van der Waals surface area contributed by atoms with Gasteiger partial charge in [-0.15, -0.1) is 0 Å². The Labute approximate surface area is 138 Å². The van der Waals surface area contributed by atoms with Crippen LogP contribution in [0.1, 0.15) is 36.1 Å². The van der Waals surface area contributed by atoms with Crippen molar-refractivity contribution in [2.45, 2.75) is 20.3 Å². The topological polar surface area (TPSA) is 0 Å². The molecule has 0 saturated carbocycles. The molecular weight excluding hydrogens is 276 g/mol. The molecule has 0 saturated heterocycles. The highest BCUT2D eigenvalue weighted by atomic mass is 14.2. The standard InChI is InChI=1S/C23H20/c1-16(18-8-4-3-5-9-18)17(2)19-12-13-21-14-20-10-6-7-11-22(20)23(21)15-19/h3-13,15H,14H2,1-2H3. The Balaban J connectivity index is 1.81. The summed E-state index contributed by atoms with van der Waals surface area (Å²) in [5, 5.41) is 0. The largest absolute Gasteiger partial charge is 0.0622 e. The number of rotatable bonds is 2. The minimum Gasteiger partial charge on any atom is -0.0622 e. The molecule has 0 spiro atoms. The van der Waals surface area contributed by atoms with E-state index in [-0.39, 0.29) is 0 Å². The second-order valence-corrected chi connectivity index (χ2v) is 6.32. The Morgan fingerprint density at radius 2 is 1.26 bits per heavy atom. The van der Waals surface area contributed by atoms with Crippen LogP contribution in [0.5, 0.6) is 0 Å². The minimum absolute atomic E-state index is 1.06. The van der Waals surface area contributed by atoms with Gasteiger partial charge in [-0.2, -0.15) is 0 Å². The molecule has 1 aliphatic rings. The van der Waals surface area contributed by atoms with E-state index in [0.29, 0.717) is 0 Å². The predicted molar refractivity (Wildman–Crippen MR) is 99.3 cm³/mol. The van der Waals surface area contributed by atoms with Gasteiger partial charge in [0.25, 0.3) is 0 Å². The maximum Gasteiger partial charge on any atom is -0.00134 e. The molecule has 0 atom stereocenters. The van der Waals surface area contributed by atoms with Crippen molar-refractivity contribution in [2.24, 2.45) is 0 Å². The van der Waals surface area contributed by atoms with Crippen LogP contribution in [0.25, 0.3) is 22.3 Å². The van der Waals surface area contributed by atoms with Crippen molar-refractivity contribution in [1.29, 1.82) is 0 Å². The molecule has 0 amide bonds. The summed E-state index contributed by atoms with van der Waals surface area (Å²) in [6, 6.07) is 26.3. The highest BCUT2D eigenvalue weighted by Crippen LogP contribution is 2.38. The first kappa shape index (κ1) is 14.0. The van der Waals surface area contributed by atoms with Crippen LogP contribution in [0.3, 0.4) is 0 Å². The van der Waals surface area contributed by atoms with Gasteiger partial charge in [0.15, 0.2) is 0 Å². The number of hydrogen-bond donors (Lipinski definition) is 0. The van der Waals surface area contributed by atoms with Crippen LogP contribution in [0.15, 0.2) is 72.8 Å². The normalized spacial score (nSPS) is 13.3. The van der Waals surface area contributed by atoms with Gasteiger partial charge < -0.3 is 0 Å². The van der Waals surface area contributed by atoms with Gasteiger partial charge in [-0.1, -0.05) is 66.7 Å². The van der Waals surface area contributed by atoms with E-state index in [2.05, 4.69) is 86.6 Å². The van der Waals surface area contributed by atoms with Crippen molar-refractivity contribution in [1.82, 2.24) is 0 Å². The van der Waals surface area contributed by atoms with Crippen LogP contribution in [0, 0.1) is 0 Å². The molecule has 0 N–H and O–H groups in total. The summed E-state index contributed by atoms with van der Waals surface area (Å²) >= 11 is 0. The lowest BCUT2D eigenvalue weighted by atomic mass is 9.94. The second-order valence-electron chi connectivity index (χ2n) is 6.32. The van der Waals surface area contributed by atoms with Crippen LogP contribution < -0.4 is 0 Å². The van der Waals surface area contributed by atoms with E-state index in [0.717, 1.165) is 6.42 Å². The molecule has 23 heavy (non-hydrogen) atoms. The zero-order chi connectivity index (χ0) is 15.8. The number of hydrogen-bond acceptors (Lipinski definition) is 0. The molecule has 0 radical (unpaired) electrons. The Hall–Kier alpha value is -2.60. The summed E-state index contributed by atoms with van der Waals surface area (Å²) < 4.78 is 0. The molecule has 0 heterocycles. The first-order valence-corrected chi connectivity index (χ1v) is 8.18. The first-order chi connectivity index (χ1) is 11.2. The van der Waals surface area contributed by atoms with E-state index < -0.39 is 0 Å². The van der Waals surface area contributed by atoms with Gasteiger partial charge in [-0.25, -0.2) is 0 Å². The molecule has 0 aliphatic heterocycles. The highest BCUT2D eigenvalue weighted by molar-refractivity contribution is 5.90.